The molecule has 1 fully saturated rings. The van der Waals surface area contributed by atoms with E-state index >= 15 is 0 Å². The standard InChI is InChI=1S/C16H29NO3/c1-11-8-12(2)10-17(9-11)16(19)7-6-15(13(3)18)14(4)20-5/h11-12,14-15H,6-10H2,1-5H3. The van der Waals surface area contributed by atoms with Crippen LogP contribution in [0.3, 0.4) is 0 Å². The molecule has 1 aliphatic heterocycles. The van der Waals surface area contributed by atoms with Gasteiger partial charge in [-0.15, -0.1) is 0 Å². The maximum atomic E-state index is 12.3. The molecule has 20 heavy (non-hydrogen) atoms. The fourth-order valence-electron chi connectivity index (χ4n) is 3.24. The van der Waals surface area contributed by atoms with Crippen molar-refractivity contribution in [3.8, 4) is 0 Å². The van der Waals surface area contributed by atoms with Gasteiger partial charge in [0.2, 0.25) is 5.91 Å². The van der Waals surface area contributed by atoms with Crippen LogP contribution in [0.4, 0.5) is 0 Å². The van der Waals surface area contributed by atoms with Crippen LogP contribution in [-0.4, -0.2) is 42.9 Å². The Bertz CT molecular complexity index is 333. The Balaban J connectivity index is 2.50. The van der Waals surface area contributed by atoms with Gasteiger partial charge in [-0.05, 0) is 38.5 Å². The maximum absolute atomic E-state index is 12.3. The van der Waals surface area contributed by atoms with Gasteiger partial charge in [0, 0.05) is 32.5 Å². The molecule has 1 aliphatic rings. The van der Waals surface area contributed by atoms with Crippen molar-refractivity contribution in [1.82, 2.24) is 4.90 Å². The zero-order valence-electron chi connectivity index (χ0n) is 13.5. The molecule has 4 nitrogen and oxygen atoms in total. The quantitative estimate of drug-likeness (QED) is 0.752. The summed E-state index contributed by atoms with van der Waals surface area (Å²) in [6.45, 7) is 9.57. The highest BCUT2D eigenvalue weighted by molar-refractivity contribution is 5.81. The number of likely N-dealkylation sites (tertiary alicyclic amines) is 1. The second-order valence-electron chi connectivity index (χ2n) is 6.44. The topological polar surface area (TPSA) is 46.6 Å². The van der Waals surface area contributed by atoms with Crippen molar-refractivity contribution in [3.05, 3.63) is 0 Å². The number of piperidine rings is 1. The normalized spacial score (nSPS) is 26.1. The van der Waals surface area contributed by atoms with Gasteiger partial charge in [-0.3, -0.25) is 9.59 Å². The molecule has 0 aliphatic carbocycles. The number of ketones is 1. The minimum Gasteiger partial charge on any atom is -0.381 e. The van der Waals surface area contributed by atoms with Crippen molar-refractivity contribution >= 4 is 11.7 Å². The van der Waals surface area contributed by atoms with Crippen molar-refractivity contribution < 1.29 is 14.3 Å². The van der Waals surface area contributed by atoms with E-state index in [9.17, 15) is 9.59 Å². The summed E-state index contributed by atoms with van der Waals surface area (Å²) in [5, 5.41) is 0. The Morgan fingerprint density at radius 3 is 2.25 bits per heavy atom. The fourth-order valence-corrected chi connectivity index (χ4v) is 3.24. The smallest absolute Gasteiger partial charge is 0.222 e. The van der Waals surface area contributed by atoms with Crippen LogP contribution >= 0.6 is 0 Å². The predicted molar refractivity (Wildman–Crippen MR) is 79.4 cm³/mol. The lowest BCUT2D eigenvalue weighted by Crippen LogP contribution is -2.43. The number of hydrogen-bond acceptors (Lipinski definition) is 3. The second-order valence-corrected chi connectivity index (χ2v) is 6.44. The summed E-state index contributed by atoms with van der Waals surface area (Å²) in [5.74, 6) is 1.25. The van der Waals surface area contributed by atoms with E-state index in [1.807, 2.05) is 11.8 Å². The van der Waals surface area contributed by atoms with E-state index in [1.54, 1.807) is 14.0 Å². The highest BCUT2D eigenvalue weighted by atomic mass is 16.5. The third-order valence-electron chi connectivity index (χ3n) is 4.35. The van der Waals surface area contributed by atoms with E-state index in [0.717, 1.165) is 13.1 Å². The van der Waals surface area contributed by atoms with Crippen molar-refractivity contribution in [2.75, 3.05) is 20.2 Å². The first-order valence-corrected chi connectivity index (χ1v) is 7.66. The van der Waals surface area contributed by atoms with Crippen LogP contribution in [0.2, 0.25) is 0 Å². The summed E-state index contributed by atoms with van der Waals surface area (Å²) in [7, 11) is 1.61. The molecular weight excluding hydrogens is 254 g/mol. The largest absolute Gasteiger partial charge is 0.381 e. The van der Waals surface area contributed by atoms with Gasteiger partial charge < -0.3 is 9.64 Å². The van der Waals surface area contributed by atoms with Crippen molar-refractivity contribution in [2.45, 2.75) is 53.1 Å². The summed E-state index contributed by atoms with van der Waals surface area (Å²) in [5.41, 5.74) is 0. The average molecular weight is 283 g/mol. The molecular formula is C16H29NO3. The molecule has 0 aromatic carbocycles. The van der Waals surface area contributed by atoms with Crippen molar-refractivity contribution in [1.29, 1.82) is 0 Å². The van der Waals surface area contributed by atoms with Crippen molar-refractivity contribution in [2.24, 2.45) is 17.8 Å². The zero-order valence-corrected chi connectivity index (χ0v) is 13.5. The number of ether oxygens (including phenoxy) is 1. The molecule has 0 spiro atoms. The maximum Gasteiger partial charge on any atom is 0.222 e. The zero-order chi connectivity index (χ0) is 15.3. The number of carbonyl (C=O) groups is 2. The Hall–Kier alpha value is -0.900. The summed E-state index contributed by atoms with van der Waals surface area (Å²) in [4.78, 5) is 25.9. The van der Waals surface area contributed by atoms with Crippen LogP contribution in [0, 0.1) is 17.8 Å². The summed E-state index contributed by atoms with van der Waals surface area (Å²) >= 11 is 0. The second kappa shape index (κ2) is 7.77. The molecule has 1 saturated heterocycles. The van der Waals surface area contributed by atoms with Gasteiger partial charge in [0.25, 0.3) is 0 Å². The molecule has 4 atom stereocenters. The molecule has 0 aromatic rings. The summed E-state index contributed by atoms with van der Waals surface area (Å²) < 4.78 is 5.24. The van der Waals surface area contributed by atoms with Crippen molar-refractivity contribution in [3.63, 3.8) is 0 Å². The van der Waals surface area contributed by atoms with E-state index in [-0.39, 0.29) is 23.7 Å². The van der Waals surface area contributed by atoms with Crippen LogP contribution in [0.25, 0.3) is 0 Å². The number of nitrogens with zero attached hydrogens (tertiary/aromatic N) is 1. The Labute approximate surface area is 122 Å². The number of Topliss-reactive ketones (excluding diaryl/α,β-unsaturated/α-hetero) is 1. The van der Waals surface area contributed by atoms with E-state index in [4.69, 9.17) is 4.74 Å². The molecule has 0 saturated carbocycles. The van der Waals surface area contributed by atoms with Gasteiger partial charge in [0.15, 0.2) is 0 Å². The molecule has 1 heterocycles. The lowest BCUT2D eigenvalue weighted by atomic mass is 9.90. The van der Waals surface area contributed by atoms with Gasteiger partial charge in [-0.1, -0.05) is 13.8 Å². The van der Waals surface area contributed by atoms with E-state index in [2.05, 4.69) is 13.8 Å². The number of hydrogen-bond donors (Lipinski definition) is 0. The molecule has 0 aromatic heterocycles. The van der Waals surface area contributed by atoms with Crippen LogP contribution in [0.5, 0.6) is 0 Å². The number of carbonyl (C=O) groups excluding carboxylic acids is 2. The molecule has 4 unspecified atom stereocenters. The molecule has 0 N–H and O–H groups in total. The van der Waals surface area contributed by atoms with Gasteiger partial charge in [-0.2, -0.15) is 0 Å². The minimum atomic E-state index is -0.177. The number of amides is 1. The molecule has 4 heteroatoms. The number of methoxy groups -OCH3 is 1. The molecule has 116 valence electrons. The Kier molecular flexibility index (Phi) is 6.66. The lowest BCUT2D eigenvalue weighted by molar-refractivity contribution is -0.135. The van der Waals surface area contributed by atoms with Gasteiger partial charge >= 0.3 is 0 Å². The highest BCUT2D eigenvalue weighted by Gasteiger charge is 2.27. The summed E-state index contributed by atoms with van der Waals surface area (Å²) in [6.07, 6.45) is 2.10. The minimum absolute atomic E-state index is 0.104. The van der Waals surface area contributed by atoms with E-state index in [1.165, 1.54) is 6.42 Å². The third kappa shape index (κ3) is 4.89. The molecule has 1 rings (SSSR count). The SMILES string of the molecule is COC(C)C(CCC(=O)N1CC(C)CC(C)C1)C(C)=O. The highest BCUT2D eigenvalue weighted by Crippen LogP contribution is 2.23. The third-order valence-corrected chi connectivity index (χ3v) is 4.35. The molecule has 1 amide bonds. The lowest BCUT2D eigenvalue weighted by Gasteiger charge is -2.35. The average Bonchev–Trinajstić information content (AvgIpc) is 2.36. The fraction of sp³-hybridized carbons (Fsp3) is 0.875. The van der Waals surface area contributed by atoms with Gasteiger partial charge in [0.05, 0.1) is 6.10 Å². The Morgan fingerprint density at radius 2 is 1.80 bits per heavy atom. The van der Waals surface area contributed by atoms with E-state index < -0.39 is 0 Å². The van der Waals surface area contributed by atoms with Gasteiger partial charge in [0.1, 0.15) is 5.78 Å². The molecule has 0 radical (unpaired) electrons. The Morgan fingerprint density at radius 1 is 1.25 bits per heavy atom. The van der Waals surface area contributed by atoms with Crippen LogP contribution < -0.4 is 0 Å². The van der Waals surface area contributed by atoms with Crippen LogP contribution in [0.15, 0.2) is 0 Å². The number of rotatable bonds is 6. The first kappa shape index (κ1) is 17.2. The van der Waals surface area contributed by atoms with Crippen LogP contribution in [0.1, 0.15) is 47.0 Å². The monoisotopic (exact) mass is 283 g/mol. The van der Waals surface area contributed by atoms with Crippen LogP contribution in [-0.2, 0) is 14.3 Å². The first-order chi connectivity index (χ1) is 9.35. The van der Waals surface area contributed by atoms with Gasteiger partial charge in [-0.25, -0.2) is 0 Å². The van der Waals surface area contributed by atoms with E-state index in [0.29, 0.717) is 24.7 Å². The first-order valence-electron chi connectivity index (χ1n) is 7.66. The summed E-state index contributed by atoms with van der Waals surface area (Å²) in [6, 6.07) is 0. The predicted octanol–water partition coefficient (Wildman–Crippen LogP) is 2.51. The molecule has 0 bridgehead atoms.